The van der Waals surface area contributed by atoms with E-state index < -0.39 is 0 Å². The molecule has 17 heavy (non-hydrogen) atoms. The third-order valence-corrected chi connectivity index (χ3v) is 4.24. The molecule has 1 heterocycles. The fourth-order valence-corrected chi connectivity index (χ4v) is 2.74. The molecule has 1 aliphatic carbocycles. The Morgan fingerprint density at radius 1 is 1.65 bits per heavy atom. The summed E-state index contributed by atoms with van der Waals surface area (Å²) in [6.07, 6.45) is 3.76. The van der Waals surface area contributed by atoms with Crippen LogP contribution >= 0.6 is 11.3 Å². The van der Waals surface area contributed by atoms with Crippen LogP contribution < -0.4 is 11.1 Å². The molecule has 0 saturated heterocycles. The molecule has 3 N–H and O–H groups in total. The summed E-state index contributed by atoms with van der Waals surface area (Å²) in [5.41, 5.74) is 5.74. The minimum absolute atomic E-state index is 0.0200. The Balaban J connectivity index is 2.03. The smallest absolute Gasteiger partial charge is 0.267 e. The maximum Gasteiger partial charge on any atom is 0.267 e. The summed E-state index contributed by atoms with van der Waals surface area (Å²) < 4.78 is 0. The van der Waals surface area contributed by atoms with Crippen LogP contribution in [0.3, 0.4) is 0 Å². The highest BCUT2D eigenvalue weighted by Crippen LogP contribution is 2.29. The number of hydrogen-bond acceptors (Lipinski definition) is 5. The van der Waals surface area contributed by atoms with Gasteiger partial charge in [0.05, 0.1) is 0 Å². The van der Waals surface area contributed by atoms with Gasteiger partial charge in [0.15, 0.2) is 5.13 Å². The van der Waals surface area contributed by atoms with Crippen LogP contribution in [0.15, 0.2) is 0 Å². The highest BCUT2D eigenvalue weighted by Gasteiger charge is 2.24. The van der Waals surface area contributed by atoms with Crippen molar-refractivity contribution in [2.45, 2.75) is 19.3 Å². The van der Waals surface area contributed by atoms with Crippen LogP contribution in [0.2, 0.25) is 0 Å². The summed E-state index contributed by atoms with van der Waals surface area (Å²) in [7, 11) is 3.60. The lowest BCUT2D eigenvalue weighted by atomic mass is 9.85. The first-order valence-electron chi connectivity index (χ1n) is 5.81. The van der Waals surface area contributed by atoms with Gasteiger partial charge in [-0.25, -0.2) is 4.98 Å². The number of anilines is 2. The number of thiazole rings is 1. The lowest BCUT2D eigenvalue weighted by molar-refractivity contribution is 0.0751. The van der Waals surface area contributed by atoms with Gasteiger partial charge in [-0.3, -0.25) is 4.79 Å². The largest absolute Gasteiger partial charge is 0.382 e. The van der Waals surface area contributed by atoms with Crippen molar-refractivity contribution < 1.29 is 4.79 Å². The second kappa shape index (κ2) is 4.91. The Hall–Kier alpha value is -1.30. The van der Waals surface area contributed by atoms with Crippen molar-refractivity contribution in [3.05, 3.63) is 4.88 Å². The minimum atomic E-state index is -0.0200. The summed E-state index contributed by atoms with van der Waals surface area (Å²) in [6.45, 7) is 0.824. The van der Waals surface area contributed by atoms with Crippen LogP contribution in [0.5, 0.6) is 0 Å². The van der Waals surface area contributed by atoms with Gasteiger partial charge in [0.2, 0.25) is 0 Å². The van der Waals surface area contributed by atoms with Gasteiger partial charge in [0.25, 0.3) is 5.91 Å². The van der Waals surface area contributed by atoms with E-state index in [1.165, 1.54) is 30.6 Å². The Kier molecular flexibility index (Phi) is 3.51. The van der Waals surface area contributed by atoms with E-state index in [0.717, 1.165) is 6.54 Å². The van der Waals surface area contributed by atoms with E-state index in [1.807, 2.05) is 7.05 Å². The van der Waals surface area contributed by atoms with Crippen LogP contribution in [0.1, 0.15) is 28.9 Å². The number of nitrogens with two attached hydrogens (primary N) is 1. The van der Waals surface area contributed by atoms with Gasteiger partial charge < -0.3 is 16.0 Å². The molecule has 1 aliphatic rings. The average molecular weight is 254 g/mol. The van der Waals surface area contributed by atoms with Crippen molar-refractivity contribution in [3.8, 4) is 0 Å². The molecule has 1 fully saturated rings. The van der Waals surface area contributed by atoms with Gasteiger partial charge >= 0.3 is 0 Å². The molecule has 2 rings (SSSR count). The van der Waals surface area contributed by atoms with E-state index in [1.54, 1.807) is 11.9 Å². The number of aromatic nitrogens is 1. The molecular formula is C11H18N4OS. The molecule has 0 radical (unpaired) electrons. The number of carbonyl (C=O) groups excluding carboxylic acids is 1. The summed E-state index contributed by atoms with van der Waals surface area (Å²) >= 11 is 1.31. The van der Waals surface area contributed by atoms with Crippen LogP contribution in [0, 0.1) is 5.92 Å². The van der Waals surface area contributed by atoms with Crippen LogP contribution in [-0.4, -0.2) is 36.4 Å². The van der Waals surface area contributed by atoms with E-state index in [9.17, 15) is 4.79 Å². The van der Waals surface area contributed by atoms with Crippen LogP contribution in [0.4, 0.5) is 10.9 Å². The zero-order valence-corrected chi connectivity index (χ0v) is 11.0. The maximum atomic E-state index is 12.2. The van der Waals surface area contributed by atoms with Gasteiger partial charge in [-0.2, -0.15) is 0 Å². The van der Waals surface area contributed by atoms with Crippen molar-refractivity contribution in [2.24, 2.45) is 5.92 Å². The van der Waals surface area contributed by atoms with Gasteiger partial charge in [0.1, 0.15) is 10.7 Å². The number of nitrogens with one attached hydrogen (secondary N) is 1. The van der Waals surface area contributed by atoms with Crippen molar-refractivity contribution >= 4 is 28.2 Å². The number of nitrogen functional groups attached to an aromatic ring is 1. The van der Waals surface area contributed by atoms with E-state index >= 15 is 0 Å². The van der Waals surface area contributed by atoms with Crippen molar-refractivity contribution in [1.29, 1.82) is 0 Å². The lowest BCUT2D eigenvalue weighted by Gasteiger charge is -2.29. The normalized spacial score (nSPS) is 15.4. The molecule has 1 amide bonds. The zero-order chi connectivity index (χ0) is 12.4. The van der Waals surface area contributed by atoms with Crippen LogP contribution in [0.25, 0.3) is 0 Å². The SMILES string of the molecule is CNc1nc(N)c(C(=O)N(C)CC2CCC2)s1. The Morgan fingerprint density at radius 3 is 2.82 bits per heavy atom. The average Bonchev–Trinajstić information content (AvgIpc) is 2.63. The number of rotatable bonds is 4. The molecule has 0 aromatic carbocycles. The van der Waals surface area contributed by atoms with E-state index in [-0.39, 0.29) is 5.91 Å². The first-order chi connectivity index (χ1) is 8.11. The van der Waals surface area contributed by atoms with Gasteiger partial charge in [0, 0.05) is 20.6 Å². The minimum Gasteiger partial charge on any atom is -0.382 e. The monoisotopic (exact) mass is 254 g/mol. The summed E-state index contributed by atoms with van der Waals surface area (Å²) in [6, 6.07) is 0. The molecule has 94 valence electrons. The predicted molar refractivity (Wildman–Crippen MR) is 70.4 cm³/mol. The molecule has 0 unspecified atom stereocenters. The molecule has 1 aromatic heterocycles. The first-order valence-corrected chi connectivity index (χ1v) is 6.63. The van der Waals surface area contributed by atoms with Crippen molar-refractivity contribution in [1.82, 2.24) is 9.88 Å². The van der Waals surface area contributed by atoms with Gasteiger partial charge in [-0.15, -0.1) is 0 Å². The predicted octanol–water partition coefficient (Wildman–Crippen LogP) is 1.64. The Morgan fingerprint density at radius 2 is 2.35 bits per heavy atom. The van der Waals surface area contributed by atoms with Crippen molar-refractivity contribution in [2.75, 3.05) is 31.7 Å². The highest BCUT2D eigenvalue weighted by atomic mass is 32.1. The molecule has 6 heteroatoms. The van der Waals surface area contributed by atoms with Crippen molar-refractivity contribution in [3.63, 3.8) is 0 Å². The summed E-state index contributed by atoms with van der Waals surface area (Å²) in [4.78, 5) is 18.5. The van der Waals surface area contributed by atoms with E-state index in [0.29, 0.717) is 21.7 Å². The highest BCUT2D eigenvalue weighted by molar-refractivity contribution is 7.18. The standard InChI is InChI=1S/C11H18N4OS/c1-13-11-14-9(12)8(17-11)10(16)15(2)6-7-4-3-5-7/h7H,3-6,12H2,1-2H3,(H,13,14). The molecule has 5 nitrogen and oxygen atoms in total. The quantitative estimate of drug-likeness (QED) is 0.857. The molecule has 0 spiro atoms. The Bertz CT molecular complexity index is 414. The van der Waals surface area contributed by atoms with Gasteiger partial charge in [-0.1, -0.05) is 17.8 Å². The Labute approximate surface area is 105 Å². The summed E-state index contributed by atoms with van der Waals surface area (Å²) in [5, 5.41) is 3.59. The number of carbonyl (C=O) groups is 1. The fraction of sp³-hybridized carbons (Fsp3) is 0.636. The van der Waals surface area contributed by atoms with Crippen LogP contribution in [-0.2, 0) is 0 Å². The third kappa shape index (κ3) is 2.52. The lowest BCUT2D eigenvalue weighted by Crippen LogP contribution is -2.34. The molecule has 1 saturated carbocycles. The fourth-order valence-electron chi connectivity index (χ4n) is 1.91. The zero-order valence-electron chi connectivity index (χ0n) is 10.2. The van der Waals surface area contributed by atoms with E-state index in [4.69, 9.17) is 5.73 Å². The number of nitrogens with zero attached hydrogens (tertiary/aromatic N) is 2. The molecular weight excluding hydrogens is 236 g/mol. The summed E-state index contributed by atoms with van der Waals surface area (Å²) in [5.74, 6) is 0.972. The second-order valence-corrected chi connectivity index (χ2v) is 5.47. The number of amides is 1. The third-order valence-electron chi connectivity index (χ3n) is 3.16. The second-order valence-electron chi connectivity index (χ2n) is 4.47. The number of hydrogen-bond donors (Lipinski definition) is 2. The van der Waals surface area contributed by atoms with E-state index in [2.05, 4.69) is 10.3 Å². The molecule has 1 aromatic rings. The maximum absolute atomic E-state index is 12.2. The molecule has 0 atom stereocenters. The first kappa shape index (κ1) is 12.2. The van der Waals surface area contributed by atoms with Gasteiger partial charge in [-0.05, 0) is 18.8 Å². The molecule has 0 aliphatic heterocycles. The molecule has 0 bridgehead atoms. The topological polar surface area (TPSA) is 71.2 Å².